The Morgan fingerprint density at radius 2 is 2.04 bits per heavy atom. The predicted octanol–water partition coefficient (Wildman–Crippen LogP) is 3.28. The van der Waals surface area contributed by atoms with Crippen LogP contribution in [0, 0.1) is 13.8 Å². The van der Waals surface area contributed by atoms with E-state index in [1.54, 1.807) is 0 Å². The second kappa shape index (κ2) is 7.84. The zero-order valence-corrected chi connectivity index (χ0v) is 16.2. The number of urea groups is 1. The lowest BCUT2D eigenvalue weighted by Crippen LogP contribution is -2.38. The highest BCUT2D eigenvalue weighted by atomic mass is 16.2. The van der Waals surface area contributed by atoms with Gasteiger partial charge < -0.3 is 10.6 Å². The third kappa shape index (κ3) is 4.22. The van der Waals surface area contributed by atoms with Gasteiger partial charge in [-0.05, 0) is 49.1 Å². The zero-order valence-electron chi connectivity index (χ0n) is 16.2. The molecule has 1 saturated carbocycles. The van der Waals surface area contributed by atoms with Crippen molar-refractivity contribution in [1.82, 2.24) is 25.4 Å². The molecule has 6 heteroatoms. The van der Waals surface area contributed by atoms with Gasteiger partial charge in [0.1, 0.15) is 0 Å². The number of carbonyl (C=O) groups is 1. The lowest BCUT2D eigenvalue weighted by Gasteiger charge is -2.09. The van der Waals surface area contributed by atoms with Gasteiger partial charge in [-0.1, -0.05) is 24.3 Å². The molecule has 2 atom stereocenters. The van der Waals surface area contributed by atoms with Gasteiger partial charge in [0.05, 0.1) is 11.9 Å². The van der Waals surface area contributed by atoms with Crippen molar-refractivity contribution < 1.29 is 4.79 Å². The molecule has 144 valence electrons. The van der Waals surface area contributed by atoms with E-state index in [2.05, 4.69) is 33.7 Å². The van der Waals surface area contributed by atoms with E-state index < -0.39 is 0 Å². The topological polar surface area (TPSA) is 71.8 Å². The molecule has 2 heterocycles. The van der Waals surface area contributed by atoms with E-state index >= 15 is 0 Å². The van der Waals surface area contributed by atoms with Gasteiger partial charge in [0, 0.05) is 43.0 Å². The Balaban J connectivity index is 1.24. The largest absolute Gasteiger partial charge is 0.338 e. The summed E-state index contributed by atoms with van der Waals surface area (Å²) in [5.41, 5.74) is 5.55. The molecule has 2 N–H and O–H groups in total. The SMILES string of the molecule is Cc1cnc(CCNC(=O)N[C@@H]2C[C@H]2c2cnn(-c3ccccc3)c2)c(C)c1. The first kappa shape index (κ1) is 18.2. The second-order valence-electron chi connectivity index (χ2n) is 7.43. The first-order valence-corrected chi connectivity index (χ1v) is 9.66. The van der Waals surface area contributed by atoms with Crippen molar-refractivity contribution >= 4 is 6.03 Å². The third-order valence-electron chi connectivity index (χ3n) is 5.13. The van der Waals surface area contributed by atoms with Gasteiger partial charge in [-0.15, -0.1) is 0 Å². The highest BCUT2D eigenvalue weighted by Crippen LogP contribution is 2.40. The fourth-order valence-corrected chi connectivity index (χ4v) is 3.49. The average molecular weight is 375 g/mol. The number of carbonyl (C=O) groups excluding carboxylic acids is 1. The summed E-state index contributed by atoms with van der Waals surface area (Å²) >= 11 is 0. The quantitative estimate of drug-likeness (QED) is 0.694. The van der Waals surface area contributed by atoms with Crippen molar-refractivity contribution in [3.05, 3.63) is 77.4 Å². The Morgan fingerprint density at radius 3 is 2.82 bits per heavy atom. The van der Waals surface area contributed by atoms with Crippen LogP contribution in [0.25, 0.3) is 5.69 Å². The van der Waals surface area contributed by atoms with E-state index in [1.807, 2.05) is 60.5 Å². The minimum Gasteiger partial charge on any atom is -0.338 e. The molecule has 0 aliphatic heterocycles. The number of amides is 2. The lowest BCUT2D eigenvalue weighted by atomic mass is 10.1. The molecule has 1 aromatic carbocycles. The minimum atomic E-state index is -0.118. The van der Waals surface area contributed by atoms with E-state index in [1.165, 1.54) is 5.56 Å². The minimum absolute atomic E-state index is 0.118. The number of benzene rings is 1. The van der Waals surface area contributed by atoms with Gasteiger partial charge in [-0.25, -0.2) is 9.48 Å². The van der Waals surface area contributed by atoms with Crippen molar-refractivity contribution in [1.29, 1.82) is 0 Å². The molecule has 1 fully saturated rings. The van der Waals surface area contributed by atoms with E-state index in [-0.39, 0.29) is 12.1 Å². The van der Waals surface area contributed by atoms with Crippen molar-refractivity contribution in [2.75, 3.05) is 6.54 Å². The fraction of sp³-hybridized carbons (Fsp3) is 0.318. The number of para-hydroxylation sites is 1. The van der Waals surface area contributed by atoms with E-state index in [4.69, 9.17) is 0 Å². The smallest absolute Gasteiger partial charge is 0.315 e. The van der Waals surface area contributed by atoms with Gasteiger partial charge in [-0.3, -0.25) is 4.98 Å². The molecule has 1 aliphatic rings. The van der Waals surface area contributed by atoms with Crippen LogP contribution in [0.4, 0.5) is 4.79 Å². The molecule has 0 bridgehead atoms. The summed E-state index contributed by atoms with van der Waals surface area (Å²) in [6, 6.07) is 12.2. The van der Waals surface area contributed by atoms with E-state index in [9.17, 15) is 4.79 Å². The molecule has 2 aromatic heterocycles. The van der Waals surface area contributed by atoms with Crippen LogP contribution in [0.15, 0.2) is 55.0 Å². The van der Waals surface area contributed by atoms with Gasteiger partial charge in [0.15, 0.2) is 0 Å². The monoisotopic (exact) mass is 375 g/mol. The molecule has 0 unspecified atom stereocenters. The molecule has 1 aliphatic carbocycles. The highest BCUT2D eigenvalue weighted by molar-refractivity contribution is 5.74. The first-order valence-electron chi connectivity index (χ1n) is 9.66. The Labute approximate surface area is 165 Å². The summed E-state index contributed by atoms with van der Waals surface area (Å²) in [5.74, 6) is 0.337. The number of nitrogens with zero attached hydrogens (tertiary/aromatic N) is 3. The number of pyridine rings is 1. The van der Waals surface area contributed by atoms with Gasteiger partial charge in [0.2, 0.25) is 0 Å². The molecule has 0 spiro atoms. The Kier molecular flexibility index (Phi) is 5.10. The van der Waals surface area contributed by atoms with Crippen LogP contribution in [0.1, 0.15) is 34.7 Å². The summed E-state index contributed by atoms with van der Waals surface area (Å²) in [4.78, 5) is 16.6. The van der Waals surface area contributed by atoms with Crippen LogP contribution in [0.2, 0.25) is 0 Å². The molecular formula is C22H25N5O. The Hall–Kier alpha value is -3.15. The average Bonchev–Trinajstić information content (AvgIpc) is 3.26. The van der Waals surface area contributed by atoms with Crippen LogP contribution < -0.4 is 10.6 Å². The van der Waals surface area contributed by atoms with Crippen molar-refractivity contribution in [2.45, 2.75) is 38.6 Å². The molecule has 0 saturated heterocycles. The zero-order chi connectivity index (χ0) is 19.5. The third-order valence-corrected chi connectivity index (χ3v) is 5.13. The number of rotatable bonds is 6. The normalized spacial score (nSPS) is 17.9. The van der Waals surface area contributed by atoms with E-state index in [0.29, 0.717) is 12.5 Å². The van der Waals surface area contributed by atoms with Crippen LogP contribution in [0.3, 0.4) is 0 Å². The molecule has 6 nitrogen and oxygen atoms in total. The maximum Gasteiger partial charge on any atom is 0.315 e. The summed E-state index contributed by atoms with van der Waals surface area (Å²) in [6.45, 7) is 4.66. The number of hydrogen-bond donors (Lipinski definition) is 2. The maximum absolute atomic E-state index is 12.2. The van der Waals surface area contributed by atoms with Gasteiger partial charge in [0.25, 0.3) is 0 Å². The molecule has 2 amide bonds. The Morgan fingerprint density at radius 1 is 1.21 bits per heavy atom. The lowest BCUT2D eigenvalue weighted by molar-refractivity contribution is 0.240. The predicted molar refractivity (Wildman–Crippen MR) is 109 cm³/mol. The van der Waals surface area contributed by atoms with Crippen LogP contribution in [-0.2, 0) is 6.42 Å². The first-order chi connectivity index (χ1) is 13.6. The fourth-order valence-electron chi connectivity index (χ4n) is 3.49. The van der Waals surface area contributed by atoms with E-state index in [0.717, 1.165) is 35.3 Å². The molecule has 3 aromatic rings. The number of nitrogens with one attached hydrogen (secondary N) is 2. The molecule has 28 heavy (non-hydrogen) atoms. The maximum atomic E-state index is 12.2. The number of aromatic nitrogens is 3. The van der Waals surface area contributed by atoms with Gasteiger partial charge in [-0.2, -0.15) is 5.10 Å². The molecule has 0 radical (unpaired) electrons. The summed E-state index contributed by atoms with van der Waals surface area (Å²) in [7, 11) is 0. The van der Waals surface area contributed by atoms with Crippen molar-refractivity contribution in [3.63, 3.8) is 0 Å². The second-order valence-corrected chi connectivity index (χ2v) is 7.43. The molecular weight excluding hydrogens is 350 g/mol. The summed E-state index contributed by atoms with van der Waals surface area (Å²) < 4.78 is 1.88. The molecule has 4 rings (SSSR count). The van der Waals surface area contributed by atoms with Crippen LogP contribution >= 0.6 is 0 Å². The summed E-state index contributed by atoms with van der Waals surface area (Å²) in [5, 5.41) is 10.4. The Bertz CT molecular complexity index is 966. The number of hydrogen-bond acceptors (Lipinski definition) is 3. The standard InChI is InChI=1S/C22H25N5O/c1-15-10-16(2)20(24-12-15)8-9-23-22(28)26-21-11-19(21)17-13-25-27(14-17)18-6-4-3-5-7-18/h3-7,10,12-14,19,21H,8-9,11H2,1-2H3,(H2,23,26,28)/t19-,21+/m0/s1. The van der Waals surface area contributed by atoms with Crippen LogP contribution in [-0.4, -0.2) is 33.4 Å². The number of aryl methyl sites for hydroxylation is 2. The summed E-state index contributed by atoms with van der Waals surface area (Å²) in [6.07, 6.45) is 7.49. The van der Waals surface area contributed by atoms with Crippen LogP contribution in [0.5, 0.6) is 0 Å². The van der Waals surface area contributed by atoms with Gasteiger partial charge >= 0.3 is 6.03 Å². The van der Waals surface area contributed by atoms with Crippen molar-refractivity contribution in [3.8, 4) is 5.69 Å². The van der Waals surface area contributed by atoms with Crippen molar-refractivity contribution in [2.24, 2.45) is 0 Å². The highest BCUT2D eigenvalue weighted by Gasteiger charge is 2.40.